The Hall–Kier alpha value is -3.82. The molecule has 1 atom stereocenters. The van der Waals surface area contributed by atoms with E-state index in [1.54, 1.807) is 13.3 Å². The van der Waals surface area contributed by atoms with E-state index in [9.17, 15) is 0 Å². The second-order valence-corrected chi connectivity index (χ2v) is 9.97. The molecular formula is C34H41N4OP. The van der Waals surface area contributed by atoms with Crippen molar-refractivity contribution >= 4 is 31.4 Å². The standard InChI is InChI=1S/C34H41N4OP/c1-7-10-14-26(22-32(39-6)25(5)27(13-9-3)21-24(4)12-8-2)23-37-34-33(40)28(18-20-36-34)29-16-17-30-31(38-29)15-11-19-35-30/h9-22H,7-8,23,40H2,1-6H3,(H,36,37)/b13-9-,14-10+,24-12+,26-22+,27-21+,32-25-. The predicted molar refractivity (Wildman–Crippen MR) is 175 cm³/mol. The zero-order chi connectivity index (χ0) is 28.9. The van der Waals surface area contributed by atoms with Crippen LogP contribution < -0.4 is 10.6 Å². The van der Waals surface area contributed by atoms with Crippen molar-refractivity contribution in [1.82, 2.24) is 15.0 Å². The summed E-state index contributed by atoms with van der Waals surface area (Å²) >= 11 is 0. The highest BCUT2D eigenvalue weighted by Gasteiger charge is 2.11. The Morgan fingerprint density at radius 3 is 2.52 bits per heavy atom. The zero-order valence-corrected chi connectivity index (χ0v) is 25.7. The zero-order valence-electron chi connectivity index (χ0n) is 24.5. The van der Waals surface area contributed by atoms with Crippen LogP contribution in [0.15, 0.2) is 113 Å². The highest BCUT2D eigenvalue weighted by Crippen LogP contribution is 2.24. The maximum atomic E-state index is 5.89. The monoisotopic (exact) mass is 552 g/mol. The fourth-order valence-corrected chi connectivity index (χ4v) is 4.70. The molecule has 0 aromatic carbocycles. The van der Waals surface area contributed by atoms with Gasteiger partial charge in [0, 0.05) is 29.8 Å². The topological polar surface area (TPSA) is 59.9 Å². The summed E-state index contributed by atoms with van der Waals surface area (Å²) in [5, 5.41) is 4.50. The van der Waals surface area contributed by atoms with Gasteiger partial charge in [-0.1, -0.05) is 55.9 Å². The van der Waals surface area contributed by atoms with Crippen molar-refractivity contribution in [1.29, 1.82) is 0 Å². The minimum atomic E-state index is 0.584. The van der Waals surface area contributed by atoms with Gasteiger partial charge in [0.1, 0.15) is 11.6 Å². The van der Waals surface area contributed by atoms with E-state index < -0.39 is 0 Å². The quantitative estimate of drug-likeness (QED) is 0.139. The van der Waals surface area contributed by atoms with Crippen LogP contribution in [0.3, 0.4) is 0 Å². The van der Waals surface area contributed by atoms with Crippen molar-refractivity contribution in [3.05, 3.63) is 113 Å². The molecule has 3 aromatic rings. The number of hydrogen-bond acceptors (Lipinski definition) is 5. The third-order valence-corrected chi connectivity index (χ3v) is 6.93. The van der Waals surface area contributed by atoms with Crippen molar-refractivity contribution in [2.45, 2.75) is 47.5 Å². The number of nitrogens with zero attached hydrogens (tertiary/aromatic N) is 3. The third-order valence-electron chi connectivity index (χ3n) is 6.34. The lowest BCUT2D eigenvalue weighted by molar-refractivity contribution is 0.303. The minimum Gasteiger partial charge on any atom is -0.496 e. The fraction of sp³-hybridized carbons (Fsp3) is 0.265. The molecule has 0 amide bonds. The fourth-order valence-electron chi connectivity index (χ4n) is 4.28. The van der Waals surface area contributed by atoms with Gasteiger partial charge < -0.3 is 10.1 Å². The maximum absolute atomic E-state index is 5.89. The Bertz CT molecular complexity index is 1490. The van der Waals surface area contributed by atoms with Crippen LogP contribution in [0.1, 0.15) is 47.5 Å². The molecule has 0 saturated carbocycles. The van der Waals surface area contributed by atoms with E-state index in [0.717, 1.165) is 68.7 Å². The van der Waals surface area contributed by atoms with Gasteiger partial charge in [-0.3, -0.25) is 4.98 Å². The van der Waals surface area contributed by atoms with Crippen LogP contribution in [0.4, 0.5) is 5.82 Å². The van der Waals surface area contributed by atoms with Gasteiger partial charge in [-0.15, -0.1) is 9.24 Å². The summed E-state index contributed by atoms with van der Waals surface area (Å²) in [6.07, 6.45) is 20.6. The van der Waals surface area contributed by atoms with Gasteiger partial charge in [-0.25, -0.2) is 9.97 Å². The van der Waals surface area contributed by atoms with Crippen LogP contribution in [0, 0.1) is 0 Å². The highest BCUT2D eigenvalue weighted by atomic mass is 31.0. The van der Waals surface area contributed by atoms with E-state index in [4.69, 9.17) is 9.72 Å². The Labute approximate surface area is 241 Å². The molecule has 40 heavy (non-hydrogen) atoms. The third kappa shape index (κ3) is 8.34. The molecule has 3 rings (SSSR count). The first-order valence-corrected chi connectivity index (χ1v) is 14.3. The summed E-state index contributed by atoms with van der Waals surface area (Å²) in [5.74, 6) is 1.62. The summed E-state index contributed by atoms with van der Waals surface area (Å²) in [4.78, 5) is 13.8. The van der Waals surface area contributed by atoms with Crippen molar-refractivity contribution in [3.8, 4) is 11.3 Å². The molecule has 3 aromatic heterocycles. The SMILES string of the molecule is C\C=C/C(=C\C(C)=C\CC)C(/C)=C(/C=C(\C=C\CC)CNc1nccc(-c2ccc3ncccc3n2)c1P)OC. The number of aromatic nitrogens is 3. The number of methoxy groups -OCH3 is 1. The Kier molecular flexibility index (Phi) is 12.0. The lowest BCUT2D eigenvalue weighted by Gasteiger charge is -2.14. The lowest BCUT2D eigenvalue weighted by Crippen LogP contribution is -2.14. The number of anilines is 1. The first-order chi connectivity index (χ1) is 19.4. The number of pyridine rings is 3. The Morgan fingerprint density at radius 1 is 0.975 bits per heavy atom. The second-order valence-electron chi connectivity index (χ2n) is 9.39. The van der Waals surface area contributed by atoms with Crippen molar-refractivity contribution in [2.75, 3.05) is 19.0 Å². The molecule has 0 aliphatic heterocycles. The van der Waals surface area contributed by atoms with E-state index in [1.807, 2.05) is 43.5 Å². The van der Waals surface area contributed by atoms with Crippen LogP contribution in [0.5, 0.6) is 0 Å². The summed E-state index contributed by atoms with van der Waals surface area (Å²) in [6, 6.07) is 9.88. The molecule has 1 N–H and O–H groups in total. The molecule has 5 nitrogen and oxygen atoms in total. The molecular weight excluding hydrogens is 511 g/mol. The van der Waals surface area contributed by atoms with Crippen molar-refractivity contribution < 1.29 is 4.74 Å². The molecule has 6 heteroatoms. The van der Waals surface area contributed by atoms with E-state index in [0.29, 0.717) is 6.54 Å². The first kappa shape index (κ1) is 30.7. The molecule has 0 fully saturated rings. The summed E-state index contributed by atoms with van der Waals surface area (Å²) in [5.41, 5.74) is 8.17. The van der Waals surface area contributed by atoms with Crippen LogP contribution >= 0.6 is 9.24 Å². The molecule has 0 radical (unpaired) electrons. The first-order valence-electron chi connectivity index (χ1n) is 13.8. The van der Waals surface area contributed by atoms with E-state index in [-0.39, 0.29) is 0 Å². The number of hydrogen-bond donors (Lipinski definition) is 1. The summed E-state index contributed by atoms with van der Waals surface area (Å²) in [6.45, 7) is 11.1. The Balaban J connectivity index is 1.94. The Morgan fingerprint density at radius 2 is 1.80 bits per heavy atom. The van der Waals surface area contributed by atoms with E-state index in [1.165, 1.54) is 5.57 Å². The average molecular weight is 553 g/mol. The number of ether oxygens (including phenoxy) is 1. The van der Waals surface area contributed by atoms with Crippen LogP contribution in [0.2, 0.25) is 0 Å². The smallest absolute Gasteiger partial charge is 0.134 e. The minimum absolute atomic E-state index is 0.584. The number of fused-ring (bicyclic) bond motifs is 1. The van der Waals surface area contributed by atoms with Gasteiger partial charge in [0.15, 0.2) is 0 Å². The van der Waals surface area contributed by atoms with Gasteiger partial charge in [-0.2, -0.15) is 0 Å². The van der Waals surface area contributed by atoms with Crippen molar-refractivity contribution in [2.24, 2.45) is 0 Å². The molecule has 0 spiro atoms. The maximum Gasteiger partial charge on any atom is 0.134 e. The van der Waals surface area contributed by atoms with Gasteiger partial charge >= 0.3 is 0 Å². The summed E-state index contributed by atoms with van der Waals surface area (Å²) in [7, 11) is 4.56. The average Bonchev–Trinajstić information content (AvgIpc) is 2.96. The normalized spacial score (nSPS) is 13.8. The van der Waals surface area contributed by atoms with E-state index >= 15 is 0 Å². The number of allylic oxidation sites excluding steroid dienone is 9. The molecule has 208 valence electrons. The van der Waals surface area contributed by atoms with Gasteiger partial charge in [0.05, 0.1) is 23.8 Å². The van der Waals surface area contributed by atoms with Gasteiger partial charge in [0.2, 0.25) is 0 Å². The molecule has 0 aliphatic carbocycles. The molecule has 0 aliphatic rings. The second kappa shape index (κ2) is 15.7. The van der Waals surface area contributed by atoms with Crippen LogP contribution in [0.25, 0.3) is 22.3 Å². The van der Waals surface area contributed by atoms with Gasteiger partial charge in [-0.05, 0) is 86.7 Å². The largest absolute Gasteiger partial charge is 0.496 e. The molecule has 0 saturated heterocycles. The van der Waals surface area contributed by atoms with Crippen molar-refractivity contribution in [3.63, 3.8) is 0 Å². The summed E-state index contributed by atoms with van der Waals surface area (Å²) < 4.78 is 5.89. The molecule has 3 heterocycles. The lowest BCUT2D eigenvalue weighted by atomic mass is 10.0. The number of rotatable bonds is 12. The van der Waals surface area contributed by atoms with Gasteiger partial charge in [0.25, 0.3) is 0 Å². The van der Waals surface area contributed by atoms with Crippen LogP contribution in [-0.2, 0) is 4.74 Å². The number of nitrogens with one attached hydrogen (secondary N) is 1. The molecule has 1 unspecified atom stereocenters. The van der Waals surface area contributed by atoms with Crippen LogP contribution in [-0.4, -0.2) is 28.6 Å². The highest BCUT2D eigenvalue weighted by molar-refractivity contribution is 7.28. The van der Waals surface area contributed by atoms with E-state index in [2.05, 4.69) is 94.8 Å². The predicted octanol–water partition coefficient (Wildman–Crippen LogP) is 8.28. The molecule has 0 bridgehead atoms.